The molecule has 1 aliphatic rings. The van der Waals surface area contributed by atoms with Crippen LogP contribution in [-0.2, 0) is 9.53 Å². The summed E-state index contributed by atoms with van der Waals surface area (Å²) in [6.45, 7) is -0.522. The third-order valence-electron chi connectivity index (χ3n) is 4.20. The van der Waals surface area contributed by atoms with Crippen LogP contribution in [0.25, 0.3) is 11.1 Å². The Balaban J connectivity index is 1.45. The Morgan fingerprint density at radius 1 is 1.07 bits per heavy atom. The molecule has 0 radical (unpaired) electrons. The number of amides is 1. The van der Waals surface area contributed by atoms with Crippen molar-refractivity contribution >= 4 is 23.3 Å². The molecular weight excluding hydrogens is 362 g/mol. The van der Waals surface area contributed by atoms with E-state index in [-0.39, 0.29) is 18.3 Å². The van der Waals surface area contributed by atoms with Crippen LogP contribution in [0.2, 0.25) is 0 Å². The van der Waals surface area contributed by atoms with Crippen LogP contribution in [0, 0.1) is 0 Å². The second kappa shape index (κ2) is 7.40. The summed E-state index contributed by atoms with van der Waals surface area (Å²) in [6, 6.07) is 15.5. The molecule has 0 spiro atoms. The lowest BCUT2D eigenvalue weighted by molar-refractivity contribution is -0.118. The molecule has 1 aliphatic heterocycles. The van der Waals surface area contributed by atoms with E-state index >= 15 is 0 Å². The minimum atomic E-state index is -0.730. The van der Waals surface area contributed by atoms with Crippen molar-refractivity contribution < 1.29 is 28.3 Å². The average Bonchev–Trinajstić information content (AvgIpc) is 3.22. The van der Waals surface area contributed by atoms with Crippen molar-refractivity contribution in [2.24, 2.45) is 0 Å². The fourth-order valence-electron chi connectivity index (χ4n) is 2.85. The highest BCUT2D eigenvalue weighted by molar-refractivity contribution is 6.02. The zero-order valence-corrected chi connectivity index (χ0v) is 14.6. The summed E-state index contributed by atoms with van der Waals surface area (Å²) in [7, 11) is 0. The summed E-state index contributed by atoms with van der Waals surface area (Å²) in [6.07, 6.45) is 1.40. The molecule has 0 saturated heterocycles. The van der Waals surface area contributed by atoms with Gasteiger partial charge in [0.2, 0.25) is 5.76 Å². The highest BCUT2D eigenvalue weighted by Gasteiger charge is 2.21. The number of carbonyl (C=O) groups is 3. The average molecular weight is 377 g/mol. The highest BCUT2D eigenvalue weighted by Crippen LogP contribution is 2.29. The predicted octanol–water partition coefficient (Wildman–Crippen LogP) is 3.32. The van der Waals surface area contributed by atoms with E-state index in [9.17, 15) is 14.4 Å². The van der Waals surface area contributed by atoms with E-state index in [1.165, 1.54) is 12.3 Å². The van der Waals surface area contributed by atoms with Crippen molar-refractivity contribution in [1.82, 2.24) is 0 Å². The number of anilines is 1. The van der Waals surface area contributed by atoms with Gasteiger partial charge in [-0.1, -0.05) is 30.3 Å². The van der Waals surface area contributed by atoms with E-state index < -0.39 is 18.4 Å². The third kappa shape index (κ3) is 3.50. The van der Waals surface area contributed by atoms with Crippen LogP contribution in [0.15, 0.2) is 65.3 Å². The molecule has 0 saturated carbocycles. The number of ether oxygens (including phenoxy) is 2. The number of Topliss-reactive ketones (excluding diaryl/α,β-unsaturated/α-hetero) is 1. The van der Waals surface area contributed by atoms with Gasteiger partial charge in [-0.2, -0.15) is 0 Å². The zero-order chi connectivity index (χ0) is 19.5. The molecule has 0 unspecified atom stereocenters. The number of esters is 1. The minimum absolute atomic E-state index is 0.0325. The maximum absolute atomic E-state index is 12.4. The molecule has 1 amide bonds. The Bertz CT molecular complexity index is 1050. The number of hydrogen-bond acceptors (Lipinski definition) is 6. The van der Waals surface area contributed by atoms with Crippen LogP contribution in [0.5, 0.6) is 5.75 Å². The third-order valence-corrected chi connectivity index (χ3v) is 4.20. The molecule has 7 heteroatoms. The second-order valence-corrected chi connectivity index (χ2v) is 6.08. The first-order chi connectivity index (χ1) is 13.6. The van der Waals surface area contributed by atoms with Gasteiger partial charge < -0.3 is 19.2 Å². The fraction of sp³-hybridized carbons (Fsp3) is 0.0952. The highest BCUT2D eigenvalue weighted by atomic mass is 16.5. The van der Waals surface area contributed by atoms with E-state index in [2.05, 4.69) is 5.32 Å². The smallest absolute Gasteiger partial charge is 0.375 e. The lowest BCUT2D eigenvalue weighted by Crippen LogP contribution is -2.25. The van der Waals surface area contributed by atoms with Gasteiger partial charge in [-0.25, -0.2) is 4.79 Å². The molecule has 0 aliphatic carbocycles. The molecule has 1 N–H and O–H groups in total. The Labute approximate surface area is 159 Å². The molecular formula is C21H15NO6. The molecule has 7 nitrogen and oxygen atoms in total. The lowest BCUT2D eigenvalue weighted by Gasteiger charge is -2.18. The molecule has 4 rings (SSSR count). The maximum atomic E-state index is 12.4. The van der Waals surface area contributed by atoms with Crippen LogP contribution in [0.4, 0.5) is 5.69 Å². The number of furan rings is 1. The summed E-state index contributed by atoms with van der Waals surface area (Å²) in [4.78, 5) is 36.1. The second-order valence-electron chi connectivity index (χ2n) is 6.08. The Morgan fingerprint density at radius 3 is 2.71 bits per heavy atom. The van der Waals surface area contributed by atoms with Gasteiger partial charge in [0.05, 0.1) is 12.0 Å². The Morgan fingerprint density at radius 2 is 1.89 bits per heavy atom. The van der Waals surface area contributed by atoms with Crippen LogP contribution >= 0.6 is 0 Å². The first kappa shape index (κ1) is 17.5. The van der Waals surface area contributed by atoms with Gasteiger partial charge in [-0.15, -0.1) is 0 Å². The van der Waals surface area contributed by atoms with Crippen LogP contribution in [0.1, 0.15) is 20.9 Å². The number of ketones is 1. The summed E-state index contributed by atoms with van der Waals surface area (Å²) in [5.74, 6) is -0.924. The molecule has 140 valence electrons. The van der Waals surface area contributed by atoms with Crippen molar-refractivity contribution in [3.63, 3.8) is 0 Å². The predicted molar refractivity (Wildman–Crippen MR) is 99.3 cm³/mol. The number of nitrogens with one attached hydrogen (secondary N) is 1. The number of carbonyl (C=O) groups excluding carboxylic acids is 3. The molecule has 3 aromatic rings. The largest absolute Gasteiger partial charge is 0.482 e. The molecule has 1 aromatic heterocycles. The normalized spacial score (nSPS) is 12.5. The van der Waals surface area contributed by atoms with E-state index in [4.69, 9.17) is 13.9 Å². The molecule has 0 atom stereocenters. The topological polar surface area (TPSA) is 94.8 Å². The quantitative estimate of drug-likeness (QED) is 0.541. The van der Waals surface area contributed by atoms with E-state index in [0.29, 0.717) is 22.6 Å². The van der Waals surface area contributed by atoms with E-state index in [0.717, 1.165) is 5.56 Å². The van der Waals surface area contributed by atoms with Crippen molar-refractivity contribution in [3.8, 4) is 16.9 Å². The zero-order valence-electron chi connectivity index (χ0n) is 14.6. The summed E-state index contributed by atoms with van der Waals surface area (Å²) in [5.41, 5.74) is 2.09. The molecule has 0 bridgehead atoms. The van der Waals surface area contributed by atoms with Crippen molar-refractivity contribution in [2.75, 3.05) is 18.5 Å². The minimum Gasteiger partial charge on any atom is -0.482 e. The standard InChI is InChI=1S/C21H15NO6/c23-17(14-6-7-18-16(10-14)22-19(24)12-27-18)11-28-21(25)20-15(8-9-26-20)13-4-2-1-3-5-13/h1-10H,11-12H2,(H,22,24). The van der Waals surface area contributed by atoms with Gasteiger partial charge in [0.25, 0.3) is 5.91 Å². The van der Waals surface area contributed by atoms with Gasteiger partial charge in [0.1, 0.15) is 5.75 Å². The van der Waals surface area contributed by atoms with Crippen LogP contribution < -0.4 is 10.1 Å². The van der Waals surface area contributed by atoms with Gasteiger partial charge >= 0.3 is 5.97 Å². The van der Waals surface area contributed by atoms with E-state index in [1.54, 1.807) is 18.2 Å². The molecule has 2 heterocycles. The number of fused-ring (bicyclic) bond motifs is 1. The fourth-order valence-corrected chi connectivity index (χ4v) is 2.85. The Hall–Kier alpha value is -3.87. The monoisotopic (exact) mass is 377 g/mol. The molecule has 0 fully saturated rings. The van der Waals surface area contributed by atoms with Gasteiger partial charge in [-0.05, 0) is 29.8 Å². The van der Waals surface area contributed by atoms with Crippen LogP contribution in [0.3, 0.4) is 0 Å². The first-order valence-corrected chi connectivity index (χ1v) is 8.52. The lowest BCUT2D eigenvalue weighted by atomic mass is 10.1. The van der Waals surface area contributed by atoms with Crippen molar-refractivity contribution in [1.29, 1.82) is 0 Å². The summed E-state index contributed by atoms with van der Waals surface area (Å²) < 4.78 is 15.6. The van der Waals surface area contributed by atoms with Crippen molar-refractivity contribution in [2.45, 2.75) is 0 Å². The molecule has 28 heavy (non-hydrogen) atoms. The molecule has 2 aromatic carbocycles. The summed E-state index contributed by atoms with van der Waals surface area (Å²) >= 11 is 0. The Kier molecular flexibility index (Phi) is 4.63. The number of hydrogen-bond donors (Lipinski definition) is 1. The maximum Gasteiger partial charge on any atom is 0.375 e. The van der Waals surface area contributed by atoms with Gasteiger partial charge in [-0.3, -0.25) is 9.59 Å². The number of benzene rings is 2. The van der Waals surface area contributed by atoms with Crippen molar-refractivity contribution in [3.05, 3.63) is 72.2 Å². The summed E-state index contributed by atoms with van der Waals surface area (Å²) in [5, 5.41) is 2.63. The first-order valence-electron chi connectivity index (χ1n) is 8.52. The van der Waals surface area contributed by atoms with E-state index in [1.807, 2.05) is 30.3 Å². The van der Waals surface area contributed by atoms with Gasteiger partial charge in [0.15, 0.2) is 19.0 Å². The van der Waals surface area contributed by atoms with Crippen LogP contribution in [-0.4, -0.2) is 30.9 Å². The number of rotatable bonds is 5. The van der Waals surface area contributed by atoms with Gasteiger partial charge in [0, 0.05) is 11.1 Å². The SMILES string of the molecule is O=C1COc2ccc(C(=O)COC(=O)c3occc3-c3ccccc3)cc2N1.